The molecule has 0 aliphatic carbocycles. The van der Waals surface area contributed by atoms with Crippen LogP contribution in [0.15, 0.2) is 0 Å². The molecule has 1 saturated heterocycles. The number of tetrazole rings is 1. The summed E-state index contributed by atoms with van der Waals surface area (Å²) in [7, 11) is 0. The first-order valence-electron chi connectivity index (χ1n) is 6.76. The van der Waals surface area contributed by atoms with Gasteiger partial charge in [-0.3, -0.25) is 4.79 Å². The number of hydrogen-bond donors (Lipinski definition) is 1. The third-order valence-corrected chi connectivity index (χ3v) is 3.52. The first-order chi connectivity index (χ1) is 9.16. The monoisotopic (exact) mass is 268 g/mol. The Morgan fingerprint density at radius 2 is 2.47 bits per heavy atom. The van der Waals surface area contributed by atoms with Crippen molar-refractivity contribution < 1.29 is 14.6 Å². The zero-order valence-electron chi connectivity index (χ0n) is 11.2. The van der Waals surface area contributed by atoms with Crippen LogP contribution < -0.4 is 0 Å². The number of carbonyl (C=O) groups is 1. The molecule has 0 bridgehead atoms. The Hall–Kier alpha value is -1.50. The van der Waals surface area contributed by atoms with Crippen LogP contribution in [0.25, 0.3) is 0 Å². The first-order valence-corrected chi connectivity index (χ1v) is 6.76. The minimum Gasteiger partial charge on any atom is -0.481 e. The smallest absolute Gasteiger partial charge is 0.306 e. The summed E-state index contributed by atoms with van der Waals surface area (Å²) >= 11 is 0. The largest absolute Gasteiger partial charge is 0.481 e. The van der Waals surface area contributed by atoms with Gasteiger partial charge in [0.2, 0.25) is 0 Å². The molecule has 0 spiro atoms. The second kappa shape index (κ2) is 6.60. The Morgan fingerprint density at radius 3 is 3.16 bits per heavy atom. The maximum atomic E-state index is 10.8. The van der Waals surface area contributed by atoms with Crippen LogP contribution in [0, 0.1) is 5.92 Å². The van der Waals surface area contributed by atoms with Crippen LogP contribution in [0.4, 0.5) is 0 Å². The van der Waals surface area contributed by atoms with Crippen LogP contribution >= 0.6 is 0 Å². The number of aliphatic carboxylic acids is 1. The van der Waals surface area contributed by atoms with E-state index < -0.39 is 5.97 Å². The summed E-state index contributed by atoms with van der Waals surface area (Å²) in [6, 6.07) is 0. The van der Waals surface area contributed by atoms with Gasteiger partial charge in [-0.15, -0.1) is 5.10 Å². The van der Waals surface area contributed by atoms with Crippen molar-refractivity contribution in [3.8, 4) is 0 Å². The molecule has 0 radical (unpaired) electrons. The number of aromatic nitrogens is 4. The lowest BCUT2D eigenvalue weighted by Gasteiger charge is -2.10. The zero-order chi connectivity index (χ0) is 13.7. The van der Waals surface area contributed by atoms with Gasteiger partial charge in [-0.2, -0.15) is 0 Å². The van der Waals surface area contributed by atoms with Gasteiger partial charge < -0.3 is 9.84 Å². The van der Waals surface area contributed by atoms with Crippen LogP contribution in [-0.4, -0.2) is 44.0 Å². The average molecular weight is 268 g/mol. The molecule has 2 atom stereocenters. The Balaban J connectivity index is 1.81. The standard InChI is InChI=1S/C12H20N4O3/c1-9(12(17)18)6-7-16-11(13-14-15-16)5-4-10-3-2-8-19-10/h9-10H,2-8H2,1H3,(H,17,18). The van der Waals surface area contributed by atoms with Crippen molar-refractivity contribution in [2.75, 3.05) is 6.61 Å². The molecule has 1 aromatic heterocycles. The van der Waals surface area contributed by atoms with Gasteiger partial charge in [0.25, 0.3) is 0 Å². The number of ether oxygens (including phenoxy) is 1. The van der Waals surface area contributed by atoms with E-state index in [1.54, 1.807) is 11.6 Å². The fourth-order valence-electron chi connectivity index (χ4n) is 2.18. The van der Waals surface area contributed by atoms with Crippen LogP contribution in [0.3, 0.4) is 0 Å². The molecule has 2 unspecified atom stereocenters. The van der Waals surface area contributed by atoms with Crippen LogP contribution in [0.2, 0.25) is 0 Å². The highest BCUT2D eigenvalue weighted by molar-refractivity contribution is 5.69. The number of carboxylic acid groups (broad SMARTS) is 1. The first kappa shape index (κ1) is 13.9. The Labute approximate surface area is 111 Å². The van der Waals surface area contributed by atoms with Crippen LogP contribution in [0.5, 0.6) is 0 Å². The van der Waals surface area contributed by atoms with E-state index in [9.17, 15) is 4.79 Å². The average Bonchev–Trinajstić information content (AvgIpc) is 3.04. The van der Waals surface area contributed by atoms with Crippen molar-refractivity contribution in [3.63, 3.8) is 0 Å². The molecule has 0 aromatic carbocycles. The fraction of sp³-hybridized carbons (Fsp3) is 0.833. The van der Waals surface area contributed by atoms with E-state index >= 15 is 0 Å². The summed E-state index contributed by atoms with van der Waals surface area (Å²) in [4.78, 5) is 10.8. The van der Waals surface area contributed by atoms with Gasteiger partial charge in [-0.05, 0) is 36.1 Å². The lowest BCUT2D eigenvalue weighted by molar-refractivity contribution is -0.141. The molecule has 1 N–H and O–H groups in total. The summed E-state index contributed by atoms with van der Waals surface area (Å²) in [5.41, 5.74) is 0. The molecule has 2 heterocycles. The molecule has 19 heavy (non-hydrogen) atoms. The topological polar surface area (TPSA) is 90.1 Å². The minimum atomic E-state index is -0.783. The third-order valence-electron chi connectivity index (χ3n) is 3.52. The van der Waals surface area contributed by atoms with E-state index in [-0.39, 0.29) is 5.92 Å². The molecule has 106 valence electrons. The molecular weight excluding hydrogens is 248 g/mol. The second-order valence-electron chi connectivity index (χ2n) is 5.02. The molecular formula is C12H20N4O3. The zero-order valence-corrected chi connectivity index (χ0v) is 11.2. The van der Waals surface area contributed by atoms with E-state index in [1.807, 2.05) is 0 Å². The van der Waals surface area contributed by atoms with Gasteiger partial charge in [-0.25, -0.2) is 4.68 Å². The summed E-state index contributed by atoms with van der Waals surface area (Å²) in [5.74, 6) is -0.350. The normalized spacial score (nSPS) is 20.6. The number of nitrogens with zero attached hydrogens (tertiary/aromatic N) is 4. The Morgan fingerprint density at radius 1 is 1.63 bits per heavy atom. The minimum absolute atomic E-state index is 0.322. The molecule has 0 saturated carbocycles. The summed E-state index contributed by atoms with van der Waals surface area (Å²) < 4.78 is 7.27. The molecule has 7 heteroatoms. The van der Waals surface area contributed by atoms with E-state index in [4.69, 9.17) is 9.84 Å². The van der Waals surface area contributed by atoms with Gasteiger partial charge in [0.15, 0.2) is 5.82 Å². The number of rotatable bonds is 7. The summed E-state index contributed by atoms with van der Waals surface area (Å²) in [6.45, 7) is 3.09. The summed E-state index contributed by atoms with van der Waals surface area (Å²) in [5, 5.41) is 20.4. The molecule has 2 rings (SSSR count). The highest BCUT2D eigenvalue weighted by atomic mass is 16.5. The number of aryl methyl sites for hydroxylation is 2. The highest BCUT2D eigenvalue weighted by Crippen LogP contribution is 2.17. The van der Waals surface area contributed by atoms with Gasteiger partial charge in [0.1, 0.15) is 0 Å². The molecule has 1 aliphatic rings. The van der Waals surface area contributed by atoms with E-state index in [0.29, 0.717) is 19.1 Å². The molecule has 1 aliphatic heterocycles. The number of hydrogen-bond acceptors (Lipinski definition) is 5. The summed E-state index contributed by atoms with van der Waals surface area (Å²) in [6.07, 6.45) is 4.80. The van der Waals surface area contributed by atoms with Crippen molar-refractivity contribution in [2.45, 2.75) is 51.7 Å². The van der Waals surface area contributed by atoms with Gasteiger partial charge in [0, 0.05) is 19.6 Å². The molecule has 7 nitrogen and oxygen atoms in total. The van der Waals surface area contributed by atoms with E-state index in [0.717, 1.165) is 38.1 Å². The van der Waals surface area contributed by atoms with E-state index in [2.05, 4.69) is 15.5 Å². The Bertz CT molecular complexity index is 415. The van der Waals surface area contributed by atoms with Crippen molar-refractivity contribution in [3.05, 3.63) is 5.82 Å². The van der Waals surface area contributed by atoms with Crippen molar-refractivity contribution in [1.29, 1.82) is 0 Å². The van der Waals surface area contributed by atoms with Crippen molar-refractivity contribution in [2.24, 2.45) is 5.92 Å². The lowest BCUT2D eigenvalue weighted by atomic mass is 10.1. The van der Waals surface area contributed by atoms with Crippen LogP contribution in [0.1, 0.15) is 38.4 Å². The highest BCUT2D eigenvalue weighted by Gasteiger charge is 2.18. The van der Waals surface area contributed by atoms with Gasteiger partial charge in [-0.1, -0.05) is 6.92 Å². The van der Waals surface area contributed by atoms with Gasteiger partial charge >= 0.3 is 5.97 Å². The third kappa shape index (κ3) is 3.99. The predicted molar refractivity (Wildman–Crippen MR) is 66.5 cm³/mol. The molecule has 0 amide bonds. The SMILES string of the molecule is CC(CCn1nnnc1CCC1CCCO1)C(=O)O. The fourth-order valence-corrected chi connectivity index (χ4v) is 2.18. The molecule has 1 aromatic rings. The predicted octanol–water partition coefficient (Wildman–Crippen LogP) is 0.895. The van der Waals surface area contributed by atoms with Crippen molar-refractivity contribution >= 4 is 5.97 Å². The van der Waals surface area contributed by atoms with Crippen LogP contribution in [-0.2, 0) is 22.5 Å². The quantitative estimate of drug-likeness (QED) is 0.790. The van der Waals surface area contributed by atoms with E-state index in [1.165, 1.54) is 0 Å². The number of carboxylic acids is 1. The maximum absolute atomic E-state index is 10.8. The second-order valence-corrected chi connectivity index (χ2v) is 5.02. The Kier molecular flexibility index (Phi) is 4.84. The molecule has 1 fully saturated rings. The lowest BCUT2D eigenvalue weighted by Crippen LogP contribution is -2.15. The van der Waals surface area contributed by atoms with Gasteiger partial charge in [0.05, 0.1) is 12.0 Å². The van der Waals surface area contributed by atoms with Crippen molar-refractivity contribution in [1.82, 2.24) is 20.2 Å². The maximum Gasteiger partial charge on any atom is 0.306 e.